The fourth-order valence-corrected chi connectivity index (χ4v) is 1.09. The van der Waals surface area contributed by atoms with Crippen LogP contribution in [0.15, 0.2) is 17.6 Å². The Morgan fingerprint density at radius 3 is 3.11 bits per heavy atom. The lowest BCUT2D eigenvalue weighted by atomic mass is 10.9. The van der Waals surface area contributed by atoms with Gasteiger partial charge in [0.15, 0.2) is 0 Å². The molecule has 1 heterocycles. The molecule has 0 bridgehead atoms. The molecule has 0 spiro atoms. The van der Waals surface area contributed by atoms with Crippen molar-refractivity contribution in [3.8, 4) is 0 Å². The summed E-state index contributed by atoms with van der Waals surface area (Å²) in [7, 11) is 0. The summed E-state index contributed by atoms with van der Waals surface area (Å²) in [4.78, 5) is 6.58. The molecule has 1 radical (unpaired) electrons. The average Bonchev–Trinajstić information content (AvgIpc) is 2.15. The molecule has 4 heteroatoms. The molecule has 9 heavy (non-hydrogen) atoms. The molecular weight excluding hydrogens is 136 g/mol. The molecule has 1 aromatic heterocycles. The topological polar surface area (TPSA) is 48.6 Å². The van der Waals surface area contributed by atoms with Gasteiger partial charge in [0.1, 0.15) is 5.44 Å². The van der Waals surface area contributed by atoms with Crippen molar-refractivity contribution in [1.82, 2.24) is 9.97 Å². The number of aromatic nitrogens is 2. The normalized spacial score (nSPS) is 13.6. The molecule has 1 rings (SSSR count). The zero-order valence-corrected chi connectivity index (χ0v) is 5.81. The van der Waals surface area contributed by atoms with Crippen LogP contribution >= 0.6 is 11.8 Å². The van der Waals surface area contributed by atoms with E-state index in [-0.39, 0.29) is 0 Å². The van der Waals surface area contributed by atoms with Crippen LogP contribution in [0.25, 0.3) is 0 Å². The van der Waals surface area contributed by atoms with Gasteiger partial charge >= 0.3 is 0 Å². The van der Waals surface area contributed by atoms with E-state index in [1.807, 2.05) is 0 Å². The van der Waals surface area contributed by atoms with E-state index in [0.717, 1.165) is 5.03 Å². The molecule has 3 nitrogen and oxygen atoms in total. The summed E-state index contributed by atoms with van der Waals surface area (Å²) >= 11 is 1.23. The van der Waals surface area contributed by atoms with Crippen molar-refractivity contribution in [2.24, 2.45) is 0 Å². The quantitative estimate of drug-likeness (QED) is 0.500. The molecule has 0 saturated carbocycles. The van der Waals surface area contributed by atoms with E-state index in [2.05, 4.69) is 9.97 Å². The highest BCUT2D eigenvalue weighted by molar-refractivity contribution is 7.99. The van der Waals surface area contributed by atoms with Gasteiger partial charge in [-0.2, -0.15) is 0 Å². The lowest BCUT2D eigenvalue weighted by Gasteiger charge is -1.94. The first-order valence-corrected chi connectivity index (χ1v) is 3.48. The summed E-state index contributed by atoms with van der Waals surface area (Å²) < 4.78 is 0. The lowest BCUT2D eigenvalue weighted by molar-refractivity contribution is 0.181. The number of imidazole rings is 1. The van der Waals surface area contributed by atoms with Crippen molar-refractivity contribution in [1.29, 1.82) is 0 Å². The second kappa shape index (κ2) is 2.89. The third-order valence-corrected chi connectivity index (χ3v) is 1.58. The highest BCUT2D eigenvalue weighted by Gasteiger charge is 1.99. The maximum Gasteiger partial charge on any atom is 0.141 e. The molecule has 0 aliphatic carbocycles. The van der Waals surface area contributed by atoms with Gasteiger partial charge in [-0.3, -0.25) is 0 Å². The molecule has 0 aromatic carbocycles. The molecule has 0 amide bonds. The molecule has 1 N–H and O–H groups in total. The summed E-state index contributed by atoms with van der Waals surface area (Å²) in [5, 5.41) is 11.3. The van der Waals surface area contributed by atoms with Crippen LogP contribution in [0.5, 0.6) is 0 Å². The van der Waals surface area contributed by atoms with E-state index in [1.165, 1.54) is 11.8 Å². The summed E-state index contributed by atoms with van der Waals surface area (Å²) in [6, 6.07) is 0. The lowest BCUT2D eigenvalue weighted by Crippen LogP contribution is -1.87. The SMILES string of the molecule is CC([O])Sc1cnc[nH]1. The monoisotopic (exact) mass is 143 g/mol. The Hall–Kier alpha value is -0.480. The van der Waals surface area contributed by atoms with E-state index in [9.17, 15) is 5.11 Å². The first-order valence-electron chi connectivity index (χ1n) is 2.60. The van der Waals surface area contributed by atoms with Crippen LogP contribution in [0.1, 0.15) is 6.92 Å². The number of hydrogen-bond donors (Lipinski definition) is 1. The average molecular weight is 143 g/mol. The molecule has 0 aliphatic rings. The van der Waals surface area contributed by atoms with Crippen molar-refractivity contribution >= 4 is 11.8 Å². The Bertz CT molecular complexity index is 161. The largest absolute Gasteiger partial charge is 0.340 e. The number of aromatic amines is 1. The number of H-pyrrole nitrogens is 1. The minimum absolute atomic E-state index is 0.620. The van der Waals surface area contributed by atoms with Crippen LogP contribution in [0, 0.1) is 0 Å². The van der Waals surface area contributed by atoms with Gasteiger partial charge in [-0.15, -0.1) is 0 Å². The third-order valence-electron chi connectivity index (χ3n) is 0.766. The van der Waals surface area contributed by atoms with Crippen molar-refractivity contribution in [2.45, 2.75) is 17.4 Å². The maximum atomic E-state index is 10.5. The van der Waals surface area contributed by atoms with Crippen molar-refractivity contribution < 1.29 is 5.11 Å². The van der Waals surface area contributed by atoms with Gasteiger partial charge < -0.3 is 4.98 Å². The second-order valence-electron chi connectivity index (χ2n) is 1.60. The van der Waals surface area contributed by atoms with Gasteiger partial charge in [-0.05, 0) is 6.92 Å². The van der Waals surface area contributed by atoms with Crippen LogP contribution < -0.4 is 0 Å². The van der Waals surface area contributed by atoms with Gasteiger partial charge in [0.2, 0.25) is 0 Å². The summed E-state index contributed by atoms with van der Waals surface area (Å²) in [5.74, 6) is 0. The molecule has 1 aromatic rings. The second-order valence-corrected chi connectivity index (χ2v) is 2.94. The van der Waals surface area contributed by atoms with Crippen LogP contribution in [-0.2, 0) is 5.11 Å². The maximum absolute atomic E-state index is 10.5. The van der Waals surface area contributed by atoms with Crippen LogP contribution in [0.2, 0.25) is 0 Å². The van der Waals surface area contributed by atoms with Gasteiger partial charge in [-0.25, -0.2) is 10.1 Å². The molecule has 0 saturated heterocycles. The summed E-state index contributed by atoms with van der Waals surface area (Å²) in [6.07, 6.45) is 3.20. The summed E-state index contributed by atoms with van der Waals surface area (Å²) in [6.45, 7) is 1.60. The standard InChI is InChI=1S/C5H7N2OS/c1-4(8)9-5-2-6-3-7-5/h2-4H,1H3,(H,6,7). The predicted molar refractivity (Wildman–Crippen MR) is 34.6 cm³/mol. The fourth-order valence-electron chi connectivity index (χ4n) is 0.486. The van der Waals surface area contributed by atoms with Gasteiger partial charge in [-0.1, -0.05) is 11.8 Å². The van der Waals surface area contributed by atoms with Crippen LogP contribution in [0.3, 0.4) is 0 Å². The van der Waals surface area contributed by atoms with E-state index >= 15 is 0 Å². The number of nitrogens with zero attached hydrogens (tertiary/aromatic N) is 1. The Kier molecular flexibility index (Phi) is 2.13. The third kappa shape index (κ3) is 2.07. The highest BCUT2D eigenvalue weighted by Crippen LogP contribution is 2.17. The van der Waals surface area contributed by atoms with E-state index in [1.54, 1.807) is 19.4 Å². The highest BCUT2D eigenvalue weighted by atomic mass is 32.2. The van der Waals surface area contributed by atoms with Crippen molar-refractivity contribution in [3.63, 3.8) is 0 Å². The van der Waals surface area contributed by atoms with Crippen molar-refractivity contribution in [2.75, 3.05) is 0 Å². The number of thioether (sulfide) groups is 1. The van der Waals surface area contributed by atoms with Crippen LogP contribution in [-0.4, -0.2) is 15.4 Å². The smallest absolute Gasteiger partial charge is 0.141 e. The van der Waals surface area contributed by atoms with Gasteiger partial charge in [0.25, 0.3) is 0 Å². The number of nitrogens with one attached hydrogen (secondary N) is 1. The van der Waals surface area contributed by atoms with E-state index in [4.69, 9.17) is 0 Å². The zero-order valence-electron chi connectivity index (χ0n) is 5.00. The Morgan fingerprint density at radius 1 is 1.89 bits per heavy atom. The molecule has 1 atom stereocenters. The van der Waals surface area contributed by atoms with Crippen LogP contribution in [0.4, 0.5) is 0 Å². The summed E-state index contributed by atoms with van der Waals surface area (Å²) in [5.41, 5.74) is -0.620. The minimum Gasteiger partial charge on any atom is -0.340 e. The van der Waals surface area contributed by atoms with E-state index < -0.39 is 5.44 Å². The number of rotatable bonds is 2. The Labute approximate surface area is 57.5 Å². The predicted octanol–water partition coefficient (Wildman–Crippen LogP) is 1.28. The van der Waals surface area contributed by atoms with Gasteiger partial charge in [0, 0.05) is 0 Å². The molecule has 1 unspecified atom stereocenters. The number of hydrogen-bond acceptors (Lipinski definition) is 2. The molecular formula is C5H7N2OS. The minimum atomic E-state index is -0.620. The first-order chi connectivity index (χ1) is 4.29. The molecule has 0 fully saturated rings. The molecule has 0 aliphatic heterocycles. The fraction of sp³-hybridized carbons (Fsp3) is 0.400. The van der Waals surface area contributed by atoms with Gasteiger partial charge in [0.05, 0.1) is 17.6 Å². The Morgan fingerprint density at radius 2 is 2.67 bits per heavy atom. The zero-order chi connectivity index (χ0) is 6.69. The van der Waals surface area contributed by atoms with E-state index in [0.29, 0.717) is 0 Å². The first kappa shape index (κ1) is 6.64. The Balaban J connectivity index is 2.48. The van der Waals surface area contributed by atoms with Crippen molar-refractivity contribution in [3.05, 3.63) is 12.5 Å². The molecule has 49 valence electrons.